The molecule has 2 aliphatic rings. The molecule has 1 aliphatic carbocycles. The number of para-hydroxylation sites is 1. The molecule has 1 saturated carbocycles. The Morgan fingerprint density at radius 3 is 2.33 bits per heavy atom. The standard InChI is InChI=1S/C17H25N3O/c1-14-6-2-3-7-15(14)19-10-12-20(13-11-19)16(21)17(18)8-4-5-9-17/h2-3,6-7H,4-5,8-13,18H2,1H3. The van der Waals surface area contributed by atoms with Gasteiger partial charge < -0.3 is 15.5 Å². The maximum atomic E-state index is 12.6. The van der Waals surface area contributed by atoms with Gasteiger partial charge in [-0.3, -0.25) is 4.79 Å². The quantitative estimate of drug-likeness (QED) is 0.904. The highest BCUT2D eigenvalue weighted by atomic mass is 16.2. The van der Waals surface area contributed by atoms with Crippen LogP contribution in [0.1, 0.15) is 31.2 Å². The average Bonchev–Trinajstić information content (AvgIpc) is 2.95. The van der Waals surface area contributed by atoms with Crippen LogP contribution in [0.4, 0.5) is 5.69 Å². The van der Waals surface area contributed by atoms with Crippen molar-refractivity contribution in [1.29, 1.82) is 0 Å². The molecule has 2 N–H and O–H groups in total. The van der Waals surface area contributed by atoms with Crippen LogP contribution < -0.4 is 10.6 Å². The van der Waals surface area contributed by atoms with Crippen molar-refractivity contribution in [2.24, 2.45) is 5.73 Å². The summed E-state index contributed by atoms with van der Waals surface area (Å²) in [7, 11) is 0. The van der Waals surface area contributed by atoms with E-state index in [0.29, 0.717) is 0 Å². The summed E-state index contributed by atoms with van der Waals surface area (Å²) in [5.74, 6) is 0.171. The molecule has 1 saturated heterocycles. The van der Waals surface area contributed by atoms with Crippen LogP contribution in [0.5, 0.6) is 0 Å². The lowest BCUT2D eigenvalue weighted by molar-refractivity contribution is -0.137. The second-order valence-corrected chi connectivity index (χ2v) is 6.43. The summed E-state index contributed by atoms with van der Waals surface area (Å²) in [6.45, 7) is 5.50. The van der Waals surface area contributed by atoms with E-state index >= 15 is 0 Å². The van der Waals surface area contributed by atoms with Crippen molar-refractivity contribution in [1.82, 2.24) is 4.90 Å². The molecule has 21 heavy (non-hydrogen) atoms. The number of benzene rings is 1. The van der Waals surface area contributed by atoms with Gasteiger partial charge in [0.05, 0.1) is 5.54 Å². The molecule has 1 amide bonds. The minimum Gasteiger partial charge on any atom is -0.368 e. The zero-order valence-corrected chi connectivity index (χ0v) is 12.8. The van der Waals surface area contributed by atoms with E-state index in [1.165, 1.54) is 11.3 Å². The summed E-state index contributed by atoms with van der Waals surface area (Å²) in [5, 5.41) is 0. The summed E-state index contributed by atoms with van der Waals surface area (Å²) >= 11 is 0. The van der Waals surface area contributed by atoms with Crippen molar-refractivity contribution in [2.45, 2.75) is 38.1 Å². The van der Waals surface area contributed by atoms with E-state index in [-0.39, 0.29) is 5.91 Å². The molecule has 3 rings (SSSR count). The van der Waals surface area contributed by atoms with Gasteiger partial charge in [0.2, 0.25) is 5.91 Å². The van der Waals surface area contributed by atoms with Crippen molar-refractivity contribution >= 4 is 11.6 Å². The van der Waals surface area contributed by atoms with Gasteiger partial charge in [0.25, 0.3) is 0 Å². The van der Waals surface area contributed by atoms with Crippen molar-refractivity contribution in [3.8, 4) is 0 Å². The van der Waals surface area contributed by atoms with E-state index in [1.54, 1.807) is 0 Å². The van der Waals surface area contributed by atoms with Crippen molar-refractivity contribution in [3.63, 3.8) is 0 Å². The highest BCUT2D eigenvalue weighted by Gasteiger charge is 2.40. The highest BCUT2D eigenvalue weighted by Crippen LogP contribution is 2.30. The van der Waals surface area contributed by atoms with Gasteiger partial charge in [0, 0.05) is 31.9 Å². The third-order valence-corrected chi connectivity index (χ3v) is 4.94. The number of aryl methyl sites for hydroxylation is 1. The number of hydrogen-bond donors (Lipinski definition) is 1. The molecular weight excluding hydrogens is 262 g/mol. The molecule has 0 radical (unpaired) electrons. The van der Waals surface area contributed by atoms with Crippen LogP contribution in [-0.2, 0) is 4.79 Å². The Morgan fingerprint density at radius 1 is 1.10 bits per heavy atom. The first-order chi connectivity index (χ1) is 10.1. The predicted molar refractivity (Wildman–Crippen MR) is 85.4 cm³/mol. The number of rotatable bonds is 2. The Morgan fingerprint density at radius 2 is 1.71 bits per heavy atom. The number of carbonyl (C=O) groups excluding carboxylic acids is 1. The summed E-state index contributed by atoms with van der Waals surface area (Å²) in [5.41, 5.74) is 8.30. The van der Waals surface area contributed by atoms with E-state index in [2.05, 4.69) is 36.1 Å². The lowest BCUT2D eigenvalue weighted by Gasteiger charge is -2.39. The van der Waals surface area contributed by atoms with Crippen LogP contribution in [0.15, 0.2) is 24.3 Å². The van der Waals surface area contributed by atoms with Crippen molar-refractivity contribution in [3.05, 3.63) is 29.8 Å². The molecule has 1 aromatic rings. The van der Waals surface area contributed by atoms with E-state index in [0.717, 1.165) is 51.9 Å². The topological polar surface area (TPSA) is 49.6 Å². The monoisotopic (exact) mass is 287 g/mol. The van der Waals surface area contributed by atoms with Gasteiger partial charge in [-0.15, -0.1) is 0 Å². The Hall–Kier alpha value is -1.55. The Balaban J connectivity index is 1.63. The summed E-state index contributed by atoms with van der Waals surface area (Å²) in [6.07, 6.45) is 3.88. The van der Waals surface area contributed by atoms with Gasteiger partial charge in [-0.05, 0) is 31.4 Å². The molecule has 0 bridgehead atoms. The number of piperazine rings is 1. The predicted octanol–water partition coefficient (Wildman–Crippen LogP) is 1.92. The Bertz CT molecular complexity index is 515. The zero-order valence-electron chi connectivity index (χ0n) is 12.8. The van der Waals surface area contributed by atoms with Crippen LogP contribution in [0.3, 0.4) is 0 Å². The van der Waals surface area contributed by atoms with Gasteiger partial charge in [-0.2, -0.15) is 0 Å². The molecule has 1 aliphatic heterocycles. The third-order valence-electron chi connectivity index (χ3n) is 4.94. The normalized spacial score (nSPS) is 21.6. The first-order valence-corrected chi connectivity index (χ1v) is 7.99. The molecule has 1 heterocycles. The second-order valence-electron chi connectivity index (χ2n) is 6.43. The van der Waals surface area contributed by atoms with Gasteiger partial charge in [0.1, 0.15) is 0 Å². The molecular formula is C17H25N3O. The molecule has 0 spiro atoms. The minimum atomic E-state index is -0.579. The number of carbonyl (C=O) groups is 1. The maximum absolute atomic E-state index is 12.6. The first-order valence-electron chi connectivity index (χ1n) is 7.99. The van der Waals surface area contributed by atoms with Gasteiger partial charge in [-0.25, -0.2) is 0 Å². The molecule has 0 atom stereocenters. The summed E-state index contributed by atoms with van der Waals surface area (Å²) < 4.78 is 0. The van der Waals surface area contributed by atoms with Crippen molar-refractivity contribution in [2.75, 3.05) is 31.1 Å². The lowest BCUT2D eigenvalue weighted by atomic mass is 9.96. The zero-order chi connectivity index (χ0) is 14.9. The smallest absolute Gasteiger partial charge is 0.242 e. The fraction of sp³-hybridized carbons (Fsp3) is 0.588. The van der Waals surface area contributed by atoms with E-state index in [1.807, 2.05) is 4.90 Å². The Kier molecular flexibility index (Phi) is 3.89. The first kappa shape index (κ1) is 14.4. The molecule has 1 aromatic carbocycles. The van der Waals surface area contributed by atoms with Gasteiger partial charge >= 0.3 is 0 Å². The number of hydrogen-bond acceptors (Lipinski definition) is 3. The summed E-state index contributed by atoms with van der Waals surface area (Å²) in [4.78, 5) is 17.0. The third kappa shape index (κ3) is 2.77. The fourth-order valence-electron chi connectivity index (χ4n) is 3.60. The van der Waals surface area contributed by atoms with Crippen molar-refractivity contribution < 1.29 is 4.79 Å². The van der Waals surface area contributed by atoms with E-state index < -0.39 is 5.54 Å². The Labute approximate surface area is 126 Å². The lowest BCUT2D eigenvalue weighted by Crippen LogP contribution is -2.58. The summed E-state index contributed by atoms with van der Waals surface area (Å²) in [6, 6.07) is 8.44. The number of nitrogens with two attached hydrogens (primary N) is 1. The second kappa shape index (κ2) is 5.68. The largest absolute Gasteiger partial charge is 0.368 e. The molecule has 0 unspecified atom stereocenters. The molecule has 0 aromatic heterocycles. The van der Waals surface area contributed by atoms with E-state index in [4.69, 9.17) is 5.73 Å². The SMILES string of the molecule is Cc1ccccc1N1CCN(C(=O)C2(N)CCCC2)CC1. The molecule has 4 heteroatoms. The van der Waals surface area contributed by atoms with Crippen LogP contribution >= 0.6 is 0 Å². The van der Waals surface area contributed by atoms with E-state index in [9.17, 15) is 4.79 Å². The molecule has 4 nitrogen and oxygen atoms in total. The fourth-order valence-corrected chi connectivity index (χ4v) is 3.60. The van der Waals surface area contributed by atoms with Gasteiger partial charge in [-0.1, -0.05) is 31.0 Å². The number of nitrogens with zero attached hydrogens (tertiary/aromatic N) is 2. The number of anilines is 1. The van der Waals surface area contributed by atoms with Crippen LogP contribution in [-0.4, -0.2) is 42.5 Å². The maximum Gasteiger partial charge on any atom is 0.242 e. The van der Waals surface area contributed by atoms with Crippen LogP contribution in [0.25, 0.3) is 0 Å². The number of amides is 1. The van der Waals surface area contributed by atoms with Crippen LogP contribution in [0.2, 0.25) is 0 Å². The van der Waals surface area contributed by atoms with Gasteiger partial charge in [0.15, 0.2) is 0 Å². The highest BCUT2D eigenvalue weighted by molar-refractivity contribution is 5.86. The minimum absolute atomic E-state index is 0.171. The molecule has 114 valence electrons. The van der Waals surface area contributed by atoms with Crippen LogP contribution in [0, 0.1) is 6.92 Å². The molecule has 2 fully saturated rings. The average molecular weight is 287 g/mol.